The van der Waals surface area contributed by atoms with E-state index in [2.05, 4.69) is 10.4 Å². The average molecular weight is 461 g/mol. The summed E-state index contributed by atoms with van der Waals surface area (Å²) < 4.78 is 14.2. The van der Waals surface area contributed by atoms with E-state index >= 15 is 0 Å². The molecule has 2 aromatic heterocycles. The molecule has 2 heterocycles. The molecule has 0 saturated carbocycles. The van der Waals surface area contributed by atoms with Crippen LogP contribution in [0.2, 0.25) is 0 Å². The van der Waals surface area contributed by atoms with E-state index in [0.29, 0.717) is 31.0 Å². The lowest BCUT2D eigenvalue weighted by Crippen LogP contribution is -2.27. The summed E-state index contributed by atoms with van der Waals surface area (Å²) in [5.74, 6) is 1.41. The normalized spacial score (nSPS) is 10.9. The minimum absolute atomic E-state index is 0.137. The summed E-state index contributed by atoms with van der Waals surface area (Å²) in [5, 5.41) is 7.42. The number of carbonyl (C=O) groups is 1. The smallest absolute Gasteiger partial charge is 0.276 e. The number of ether oxygens (including phenoxy) is 2. The van der Waals surface area contributed by atoms with Crippen LogP contribution in [-0.2, 0) is 17.9 Å². The van der Waals surface area contributed by atoms with Gasteiger partial charge < -0.3 is 19.4 Å². The van der Waals surface area contributed by atoms with E-state index in [1.54, 1.807) is 23.0 Å². The fraction of sp³-hybridized carbons (Fsp3) is 0.269. The third-order valence-electron chi connectivity index (χ3n) is 5.39. The fourth-order valence-corrected chi connectivity index (χ4v) is 3.68. The Morgan fingerprint density at radius 1 is 1.00 bits per heavy atom. The number of para-hydroxylation sites is 1. The van der Waals surface area contributed by atoms with E-state index in [1.165, 1.54) is 4.57 Å². The molecule has 1 N–H and O–H groups in total. The van der Waals surface area contributed by atoms with Gasteiger partial charge in [-0.1, -0.05) is 18.2 Å². The number of fused-ring (bicyclic) bond motifs is 1. The van der Waals surface area contributed by atoms with Gasteiger partial charge in [-0.05, 0) is 50.2 Å². The zero-order valence-corrected chi connectivity index (χ0v) is 19.4. The number of carbonyl (C=O) groups excluding carboxylic acids is 1. The van der Waals surface area contributed by atoms with E-state index < -0.39 is 0 Å². The quantitative estimate of drug-likeness (QED) is 0.390. The summed E-state index contributed by atoms with van der Waals surface area (Å²) in [5.41, 5.74) is 2.77. The molecule has 0 unspecified atom stereocenters. The molecule has 176 valence electrons. The maximum absolute atomic E-state index is 13.0. The molecule has 0 fully saturated rings. The van der Waals surface area contributed by atoms with Crippen LogP contribution in [0.1, 0.15) is 25.8 Å². The topological polar surface area (TPSA) is 86.9 Å². The number of rotatable bonds is 10. The second kappa shape index (κ2) is 10.7. The Balaban J connectivity index is 1.41. The van der Waals surface area contributed by atoms with Crippen LogP contribution in [0.15, 0.2) is 71.8 Å². The summed E-state index contributed by atoms with van der Waals surface area (Å²) in [6.07, 6.45) is 3.57. The molecule has 0 atom stereocenters. The number of aromatic nitrogens is 3. The van der Waals surface area contributed by atoms with Crippen LogP contribution in [0.3, 0.4) is 0 Å². The number of amides is 1. The van der Waals surface area contributed by atoms with Gasteiger partial charge in [0, 0.05) is 43.0 Å². The molecule has 0 radical (unpaired) electrons. The van der Waals surface area contributed by atoms with E-state index in [4.69, 9.17) is 9.47 Å². The van der Waals surface area contributed by atoms with Crippen LogP contribution < -0.4 is 20.3 Å². The zero-order valence-electron chi connectivity index (χ0n) is 19.4. The number of hydrogen-bond acceptors (Lipinski definition) is 5. The van der Waals surface area contributed by atoms with Crippen molar-refractivity contribution in [1.29, 1.82) is 0 Å². The zero-order chi connectivity index (χ0) is 23.9. The Hall–Kier alpha value is -4.07. The summed E-state index contributed by atoms with van der Waals surface area (Å²) in [6.45, 7) is 5.67. The highest BCUT2D eigenvalue weighted by Crippen LogP contribution is 2.22. The number of benzene rings is 2. The molecule has 0 spiro atoms. The van der Waals surface area contributed by atoms with Gasteiger partial charge in [0.25, 0.3) is 5.56 Å². The molecule has 0 bridgehead atoms. The molecule has 34 heavy (non-hydrogen) atoms. The first-order valence-electron chi connectivity index (χ1n) is 11.4. The van der Waals surface area contributed by atoms with Crippen molar-refractivity contribution in [2.45, 2.75) is 33.4 Å². The molecule has 1 amide bonds. The minimum Gasteiger partial charge on any atom is -0.494 e. The van der Waals surface area contributed by atoms with Gasteiger partial charge in [0.2, 0.25) is 5.91 Å². The van der Waals surface area contributed by atoms with Crippen LogP contribution in [0.25, 0.3) is 16.8 Å². The first-order valence-corrected chi connectivity index (χ1v) is 11.4. The van der Waals surface area contributed by atoms with E-state index in [-0.39, 0.29) is 24.4 Å². The highest BCUT2D eigenvalue weighted by atomic mass is 16.5. The summed E-state index contributed by atoms with van der Waals surface area (Å²) >= 11 is 0. The molecule has 0 aliphatic rings. The third-order valence-corrected chi connectivity index (χ3v) is 5.39. The van der Waals surface area contributed by atoms with Gasteiger partial charge in [0.1, 0.15) is 17.0 Å². The Morgan fingerprint density at radius 2 is 1.76 bits per heavy atom. The van der Waals surface area contributed by atoms with E-state index in [9.17, 15) is 9.59 Å². The SMILES string of the molecule is CCOc1ccc(-c2cc3c(=O)n(CCC(=O)NCc4ccccc4OCC)ccn3n2)cc1. The lowest BCUT2D eigenvalue weighted by molar-refractivity contribution is -0.121. The Morgan fingerprint density at radius 3 is 2.53 bits per heavy atom. The van der Waals surface area contributed by atoms with Crippen LogP contribution in [0.5, 0.6) is 11.5 Å². The second-order valence-electron chi connectivity index (χ2n) is 7.68. The van der Waals surface area contributed by atoms with Gasteiger partial charge in [-0.25, -0.2) is 4.52 Å². The van der Waals surface area contributed by atoms with Crippen LogP contribution >= 0.6 is 0 Å². The number of nitrogens with one attached hydrogen (secondary N) is 1. The van der Waals surface area contributed by atoms with Gasteiger partial charge >= 0.3 is 0 Å². The highest BCUT2D eigenvalue weighted by Gasteiger charge is 2.11. The van der Waals surface area contributed by atoms with Crippen molar-refractivity contribution in [2.75, 3.05) is 13.2 Å². The predicted molar refractivity (Wildman–Crippen MR) is 130 cm³/mol. The Labute approximate surface area is 197 Å². The lowest BCUT2D eigenvalue weighted by atomic mass is 10.1. The number of nitrogens with zero attached hydrogens (tertiary/aromatic N) is 3. The van der Waals surface area contributed by atoms with Crippen molar-refractivity contribution in [3.63, 3.8) is 0 Å². The van der Waals surface area contributed by atoms with Gasteiger partial charge in [0.05, 0.1) is 18.9 Å². The predicted octanol–water partition coefficient (Wildman–Crippen LogP) is 3.67. The van der Waals surface area contributed by atoms with Crippen molar-refractivity contribution in [1.82, 2.24) is 19.5 Å². The van der Waals surface area contributed by atoms with Gasteiger partial charge in [-0.15, -0.1) is 0 Å². The first kappa shape index (κ1) is 23.1. The monoisotopic (exact) mass is 460 g/mol. The van der Waals surface area contributed by atoms with Gasteiger partial charge in [0.15, 0.2) is 0 Å². The standard InChI is InChI=1S/C26H28N4O4/c1-3-33-21-11-9-19(10-12-21)22-17-23-26(32)29(15-16-30(23)28-22)14-13-25(31)27-18-20-7-5-6-8-24(20)34-4-2/h5-12,15-17H,3-4,13-14,18H2,1-2H3,(H,27,31). The molecule has 8 heteroatoms. The molecule has 4 rings (SSSR count). The van der Waals surface area contributed by atoms with Crippen molar-refractivity contribution in [2.24, 2.45) is 0 Å². The summed E-state index contributed by atoms with van der Waals surface area (Å²) in [4.78, 5) is 25.4. The molecular formula is C26H28N4O4. The molecular weight excluding hydrogens is 432 g/mol. The average Bonchev–Trinajstić information content (AvgIpc) is 3.29. The second-order valence-corrected chi connectivity index (χ2v) is 7.68. The molecule has 0 saturated heterocycles. The number of hydrogen-bond donors (Lipinski definition) is 1. The first-order chi connectivity index (χ1) is 16.6. The number of aryl methyl sites for hydroxylation is 1. The van der Waals surface area contributed by atoms with Crippen LogP contribution in [0.4, 0.5) is 0 Å². The minimum atomic E-state index is -0.193. The molecule has 2 aromatic carbocycles. The van der Waals surface area contributed by atoms with Crippen LogP contribution in [-0.4, -0.2) is 33.3 Å². The van der Waals surface area contributed by atoms with Gasteiger partial charge in [-0.3, -0.25) is 9.59 Å². The molecule has 0 aliphatic heterocycles. The molecule has 8 nitrogen and oxygen atoms in total. The summed E-state index contributed by atoms with van der Waals surface area (Å²) in [7, 11) is 0. The van der Waals surface area contributed by atoms with Crippen molar-refractivity contribution < 1.29 is 14.3 Å². The lowest BCUT2D eigenvalue weighted by Gasteiger charge is -2.11. The van der Waals surface area contributed by atoms with E-state index in [0.717, 1.165) is 22.6 Å². The Bertz CT molecular complexity index is 1320. The van der Waals surface area contributed by atoms with E-state index in [1.807, 2.05) is 62.4 Å². The molecule has 0 aliphatic carbocycles. The highest BCUT2D eigenvalue weighted by molar-refractivity contribution is 5.76. The third kappa shape index (κ3) is 5.28. The van der Waals surface area contributed by atoms with Crippen molar-refractivity contribution >= 4 is 11.4 Å². The van der Waals surface area contributed by atoms with Gasteiger partial charge in [-0.2, -0.15) is 5.10 Å². The maximum Gasteiger partial charge on any atom is 0.276 e. The van der Waals surface area contributed by atoms with Crippen LogP contribution in [0, 0.1) is 0 Å². The maximum atomic E-state index is 13.0. The largest absolute Gasteiger partial charge is 0.494 e. The fourth-order valence-electron chi connectivity index (χ4n) is 3.68. The van der Waals surface area contributed by atoms with Crippen molar-refractivity contribution in [3.8, 4) is 22.8 Å². The Kier molecular flexibility index (Phi) is 7.27. The van der Waals surface area contributed by atoms with Crippen molar-refractivity contribution in [3.05, 3.63) is 82.9 Å². The molecule has 4 aromatic rings. The summed E-state index contributed by atoms with van der Waals surface area (Å²) in [6, 6.07) is 17.0.